The summed E-state index contributed by atoms with van der Waals surface area (Å²) in [5.41, 5.74) is 1.61. The Morgan fingerprint density at radius 3 is 2.50 bits per heavy atom. The number of allylic oxidation sites excluding steroid dienone is 2. The summed E-state index contributed by atoms with van der Waals surface area (Å²) in [7, 11) is 0. The van der Waals surface area contributed by atoms with Gasteiger partial charge in [0.1, 0.15) is 5.75 Å². The average Bonchev–Trinajstić information content (AvgIpc) is 2.71. The Morgan fingerprint density at radius 2 is 1.97 bits per heavy atom. The van der Waals surface area contributed by atoms with Crippen LogP contribution in [0.25, 0.3) is 4.91 Å². The normalized spacial score (nSPS) is 21.2. The minimum absolute atomic E-state index is 0.0210. The zero-order valence-electron chi connectivity index (χ0n) is 19.8. The number of aryl methyl sites for hydroxylation is 1. The lowest BCUT2D eigenvalue weighted by Gasteiger charge is -2.42. The molecule has 32 heavy (non-hydrogen) atoms. The number of likely N-dealkylation sites (tertiary alicyclic amines) is 1. The molecule has 0 radical (unpaired) electrons. The molecule has 0 aromatic heterocycles. The van der Waals surface area contributed by atoms with Crippen LogP contribution in [0.3, 0.4) is 0 Å². The van der Waals surface area contributed by atoms with Crippen molar-refractivity contribution in [3.8, 4) is 5.75 Å². The molecule has 1 N–H and O–H groups in total. The van der Waals surface area contributed by atoms with Gasteiger partial charge < -0.3 is 9.84 Å². The first-order valence-corrected chi connectivity index (χ1v) is 11.8. The van der Waals surface area contributed by atoms with Crippen LogP contribution in [0, 0.1) is 24.2 Å². The smallest absolute Gasteiger partial charge is 0.387 e. The summed E-state index contributed by atoms with van der Waals surface area (Å²) in [5.74, 6) is -0.704. The lowest BCUT2D eigenvalue weighted by atomic mass is 9.73. The fraction of sp³-hybridized carbons (Fsp3) is 0.560. The quantitative estimate of drug-likeness (QED) is 0.463. The van der Waals surface area contributed by atoms with E-state index in [-0.39, 0.29) is 23.0 Å². The highest BCUT2D eigenvalue weighted by atomic mass is 32.2. The molecule has 0 aliphatic carbocycles. The summed E-state index contributed by atoms with van der Waals surface area (Å²) in [4.78, 5) is 15.8. The van der Waals surface area contributed by atoms with E-state index in [1.165, 1.54) is 11.8 Å². The third-order valence-corrected chi connectivity index (χ3v) is 7.22. The predicted molar refractivity (Wildman–Crippen MR) is 128 cm³/mol. The standard InChI is InChI=1S/C25H35F2NO3S/c1-7-19(15-28-13-17(23(29)30)12-18(14-28)25(4,5)6)32-22(8-2)20-11-16(3)9-10-21(20)31-24(26)27/h7-11,17-18,24H,12-15H2,1-6H3,(H,29,30)/b19-7-,22-8-/t17-,18-/m1/s1. The molecule has 1 heterocycles. The van der Waals surface area contributed by atoms with E-state index >= 15 is 0 Å². The third kappa shape index (κ3) is 7.34. The van der Waals surface area contributed by atoms with Gasteiger partial charge in [0, 0.05) is 30.1 Å². The highest BCUT2D eigenvalue weighted by Crippen LogP contribution is 2.41. The van der Waals surface area contributed by atoms with Gasteiger partial charge in [0.2, 0.25) is 0 Å². The molecule has 1 aromatic rings. The van der Waals surface area contributed by atoms with Gasteiger partial charge in [-0.2, -0.15) is 8.78 Å². The summed E-state index contributed by atoms with van der Waals surface area (Å²) < 4.78 is 30.6. The lowest BCUT2D eigenvalue weighted by molar-refractivity contribution is -0.145. The van der Waals surface area contributed by atoms with Crippen LogP contribution in [0.2, 0.25) is 0 Å². The number of benzene rings is 1. The first-order chi connectivity index (χ1) is 14.9. The minimum Gasteiger partial charge on any atom is -0.481 e. The second-order valence-electron chi connectivity index (χ2n) is 9.42. The predicted octanol–water partition coefficient (Wildman–Crippen LogP) is 6.66. The highest BCUT2D eigenvalue weighted by molar-refractivity contribution is 8.11. The Morgan fingerprint density at radius 1 is 1.28 bits per heavy atom. The van der Waals surface area contributed by atoms with Crippen molar-refractivity contribution in [2.24, 2.45) is 17.3 Å². The van der Waals surface area contributed by atoms with Gasteiger partial charge in [-0.05, 0) is 55.6 Å². The van der Waals surface area contributed by atoms with Gasteiger partial charge in [-0.1, -0.05) is 56.3 Å². The van der Waals surface area contributed by atoms with Crippen LogP contribution in [0.5, 0.6) is 5.75 Å². The number of ether oxygens (including phenoxy) is 1. The minimum atomic E-state index is -2.89. The fourth-order valence-corrected chi connectivity index (χ4v) is 5.01. The Hall–Kier alpha value is -1.86. The molecule has 1 aliphatic heterocycles. The summed E-state index contributed by atoms with van der Waals surface area (Å²) in [6, 6.07) is 5.18. The molecule has 0 amide bonds. The molecular weight excluding hydrogens is 432 g/mol. The third-order valence-electron chi connectivity index (χ3n) is 5.92. The summed E-state index contributed by atoms with van der Waals surface area (Å²) in [6.07, 6.45) is 4.59. The highest BCUT2D eigenvalue weighted by Gasteiger charge is 2.37. The average molecular weight is 468 g/mol. The van der Waals surface area contributed by atoms with Crippen molar-refractivity contribution >= 4 is 22.6 Å². The molecule has 2 atom stereocenters. The number of rotatable bonds is 8. The van der Waals surface area contributed by atoms with Crippen LogP contribution in [0.1, 0.15) is 52.2 Å². The summed E-state index contributed by atoms with van der Waals surface area (Å²) >= 11 is 1.51. The molecule has 0 bridgehead atoms. The maximum atomic E-state index is 12.9. The number of halogens is 2. The molecule has 0 saturated carbocycles. The van der Waals surface area contributed by atoms with Crippen LogP contribution >= 0.6 is 11.8 Å². The van der Waals surface area contributed by atoms with Gasteiger partial charge in [-0.3, -0.25) is 9.69 Å². The van der Waals surface area contributed by atoms with E-state index in [0.717, 1.165) is 21.9 Å². The Balaban J connectivity index is 2.22. The number of carbonyl (C=O) groups is 1. The first kappa shape index (κ1) is 26.4. The number of hydrogen-bond acceptors (Lipinski definition) is 4. The number of aliphatic carboxylic acids is 1. The van der Waals surface area contributed by atoms with Crippen molar-refractivity contribution in [2.75, 3.05) is 19.6 Å². The van der Waals surface area contributed by atoms with E-state index in [4.69, 9.17) is 4.74 Å². The molecule has 0 spiro atoms. The molecule has 7 heteroatoms. The molecule has 0 unspecified atom stereocenters. The number of carboxylic acids is 1. The Bertz CT molecular complexity index is 861. The van der Waals surface area contributed by atoms with E-state index in [1.54, 1.807) is 12.1 Å². The maximum Gasteiger partial charge on any atom is 0.387 e. The van der Waals surface area contributed by atoms with Crippen LogP contribution < -0.4 is 4.74 Å². The second kappa shape index (κ2) is 11.3. The van der Waals surface area contributed by atoms with Gasteiger partial charge in [0.25, 0.3) is 0 Å². The van der Waals surface area contributed by atoms with Gasteiger partial charge >= 0.3 is 12.6 Å². The number of hydrogen-bond donors (Lipinski definition) is 1. The van der Waals surface area contributed by atoms with Crippen molar-refractivity contribution in [2.45, 2.75) is 54.6 Å². The maximum absolute atomic E-state index is 12.9. The molecule has 1 aliphatic rings. The van der Waals surface area contributed by atoms with Crippen LogP contribution in [-0.2, 0) is 4.79 Å². The Labute approximate surface area is 194 Å². The van der Waals surface area contributed by atoms with E-state index in [0.29, 0.717) is 25.1 Å². The van der Waals surface area contributed by atoms with Crippen molar-refractivity contribution in [3.63, 3.8) is 0 Å². The number of alkyl halides is 2. The molecule has 178 valence electrons. The van der Waals surface area contributed by atoms with E-state index in [1.807, 2.05) is 39.0 Å². The van der Waals surface area contributed by atoms with E-state index in [9.17, 15) is 18.7 Å². The van der Waals surface area contributed by atoms with Crippen molar-refractivity contribution in [3.05, 3.63) is 46.4 Å². The van der Waals surface area contributed by atoms with Gasteiger partial charge in [-0.25, -0.2) is 0 Å². The van der Waals surface area contributed by atoms with Gasteiger partial charge in [0.15, 0.2) is 0 Å². The SMILES string of the molecule is C/C=C(/CN1C[C@H](C(=O)O)C[C@@H](C(C)(C)C)C1)S/C(=C\C)c1cc(C)ccc1OC(F)F. The van der Waals surface area contributed by atoms with E-state index < -0.39 is 12.6 Å². The summed E-state index contributed by atoms with van der Waals surface area (Å²) in [5, 5.41) is 9.66. The van der Waals surface area contributed by atoms with Crippen LogP contribution in [-0.4, -0.2) is 42.2 Å². The number of piperidine rings is 1. The van der Waals surface area contributed by atoms with Gasteiger partial charge in [-0.15, -0.1) is 0 Å². The molecule has 1 aromatic carbocycles. The molecule has 2 rings (SSSR count). The fourth-order valence-electron chi connectivity index (χ4n) is 3.97. The molecular formula is C25H35F2NO3S. The molecule has 1 fully saturated rings. The monoisotopic (exact) mass is 467 g/mol. The van der Waals surface area contributed by atoms with Crippen molar-refractivity contribution in [1.82, 2.24) is 4.90 Å². The number of nitrogens with zero attached hydrogens (tertiary/aromatic N) is 1. The second-order valence-corrected chi connectivity index (χ2v) is 10.6. The van der Waals surface area contributed by atoms with Crippen molar-refractivity contribution in [1.29, 1.82) is 0 Å². The zero-order valence-corrected chi connectivity index (χ0v) is 20.6. The Kier molecular flexibility index (Phi) is 9.34. The zero-order chi connectivity index (χ0) is 24.1. The van der Waals surface area contributed by atoms with Crippen LogP contribution in [0.4, 0.5) is 8.78 Å². The van der Waals surface area contributed by atoms with Crippen LogP contribution in [0.15, 0.2) is 35.3 Å². The molecule has 4 nitrogen and oxygen atoms in total. The summed E-state index contributed by atoms with van der Waals surface area (Å²) in [6.45, 7) is 11.3. The van der Waals surface area contributed by atoms with Crippen molar-refractivity contribution < 1.29 is 23.4 Å². The number of thioether (sulfide) groups is 1. The molecule has 1 saturated heterocycles. The lowest BCUT2D eigenvalue weighted by Crippen LogP contribution is -2.47. The van der Waals surface area contributed by atoms with Gasteiger partial charge in [0.05, 0.1) is 5.92 Å². The number of carboxylic acid groups (broad SMARTS) is 1. The van der Waals surface area contributed by atoms with E-state index in [2.05, 4.69) is 25.7 Å². The topological polar surface area (TPSA) is 49.8 Å². The largest absolute Gasteiger partial charge is 0.481 e. The first-order valence-electron chi connectivity index (χ1n) is 10.9.